The summed E-state index contributed by atoms with van der Waals surface area (Å²) in [4.78, 5) is 10.2. The molecule has 0 fully saturated rings. The summed E-state index contributed by atoms with van der Waals surface area (Å²) in [6, 6.07) is 1.77. The standard InChI is InChI=1S/C11H16N2O5/c1-18-10-6-7(13(16)17)5-8(11(10)15)9(12)3-2-4-14/h5-6,9,14-15H,2-4,12H2,1H3/t9-/m1/s1. The number of aromatic hydroxyl groups is 1. The second-order valence-corrected chi connectivity index (χ2v) is 3.82. The van der Waals surface area contributed by atoms with E-state index in [1.807, 2.05) is 0 Å². The lowest BCUT2D eigenvalue weighted by atomic mass is 10.0. The van der Waals surface area contributed by atoms with Crippen LogP contribution in [0.15, 0.2) is 12.1 Å². The first-order valence-corrected chi connectivity index (χ1v) is 5.43. The van der Waals surface area contributed by atoms with Gasteiger partial charge in [0.2, 0.25) is 0 Å². The van der Waals surface area contributed by atoms with Crippen LogP contribution < -0.4 is 10.5 Å². The van der Waals surface area contributed by atoms with E-state index in [2.05, 4.69) is 0 Å². The van der Waals surface area contributed by atoms with Crippen molar-refractivity contribution in [2.75, 3.05) is 13.7 Å². The summed E-state index contributed by atoms with van der Waals surface area (Å²) in [7, 11) is 1.31. The van der Waals surface area contributed by atoms with Gasteiger partial charge >= 0.3 is 0 Å². The number of hydrogen-bond donors (Lipinski definition) is 3. The van der Waals surface area contributed by atoms with Crippen molar-refractivity contribution in [3.63, 3.8) is 0 Å². The Morgan fingerprint density at radius 3 is 2.72 bits per heavy atom. The predicted octanol–water partition coefficient (Wildman–Crippen LogP) is 1.08. The molecule has 7 heteroatoms. The number of nitrogens with two attached hydrogens (primary N) is 1. The molecule has 0 amide bonds. The molecule has 1 atom stereocenters. The molecule has 0 aliphatic carbocycles. The van der Waals surface area contributed by atoms with Crippen molar-refractivity contribution < 1.29 is 19.9 Å². The van der Waals surface area contributed by atoms with E-state index in [0.29, 0.717) is 12.8 Å². The molecule has 0 radical (unpaired) electrons. The molecule has 0 spiro atoms. The van der Waals surface area contributed by atoms with Crippen molar-refractivity contribution in [3.8, 4) is 11.5 Å². The second-order valence-electron chi connectivity index (χ2n) is 3.82. The Bertz CT molecular complexity index is 436. The average Bonchev–Trinajstić information content (AvgIpc) is 2.35. The molecule has 0 bridgehead atoms. The van der Waals surface area contributed by atoms with Crippen LogP contribution in [0.3, 0.4) is 0 Å². The van der Waals surface area contributed by atoms with Crippen molar-refractivity contribution >= 4 is 5.69 Å². The number of methoxy groups -OCH3 is 1. The number of phenols is 1. The van der Waals surface area contributed by atoms with E-state index in [1.54, 1.807) is 0 Å². The van der Waals surface area contributed by atoms with Gasteiger partial charge in [0, 0.05) is 24.3 Å². The van der Waals surface area contributed by atoms with Gasteiger partial charge in [-0.1, -0.05) is 0 Å². The molecular weight excluding hydrogens is 240 g/mol. The van der Waals surface area contributed by atoms with E-state index in [4.69, 9.17) is 15.6 Å². The molecular formula is C11H16N2O5. The molecule has 1 aromatic carbocycles. The lowest BCUT2D eigenvalue weighted by molar-refractivity contribution is -0.385. The molecule has 0 saturated heterocycles. The van der Waals surface area contributed by atoms with Gasteiger partial charge in [0.05, 0.1) is 18.1 Å². The van der Waals surface area contributed by atoms with Gasteiger partial charge in [-0.05, 0) is 12.8 Å². The van der Waals surface area contributed by atoms with Crippen molar-refractivity contribution in [1.82, 2.24) is 0 Å². The molecule has 1 rings (SSSR count). The zero-order valence-electron chi connectivity index (χ0n) is 10.00. The largest absolute Gasteiger partial charge is 0.504 e. The maximum absolute atomic E-state index is 10.8. The molecule has 0 aliphatic heterocycles. The minimum absolute atomic E-state index is 0.0126. The third-order valence-electron chi connectivity index (χ3n) is 2.59. The summed E-state index contributed by atoms with van der Waals surface area (Å²) >= 11 is 0. The Balaban J connectivity index is 3.15. The molecule has 0 heterocycles. The Morgan fingerprint density at radius 2 is 2.22 bits per heavy atom. The number of aliphatic hydroxyl groups excluding tert-OH is 1. The molecule has 4 N–H and O–H groups in total. The van der Waals surface area contributed by atoms with Crippen molar-refractivity contribution in [2.24, 2.45) is 5.73 Å². The lowest BCUT2D eigenvalue weighted by Crippen LogP contribution is -2.12. The number of benzene rings is 1. The van der Waals surface area contributed by atoms with Crippen LogP contribution in [-0.4, -0.2) is 28.9 Å². The zero-order valence-corrected chi connectivity index (χ0v) is 10.00. The van der Waals surface area contributed by atoms with Crippen LogP contribution in [0.25, 0.3) is 0 Å². The van der Waals surface area contributed by atoms with Crippen LogP contribution in [0.4, 0.5) is 5.69 Å². The summed E-state index contributed by atoms with van der Waals surface area (Å²) in [6.07, 6.45) is 0.861. The van der Waals surface area contributed by atoms with Crippen LogP contribution in [0.1, 0.15) is 24.4 Å². The first-order valence-electron chi connectivity index (χ1n) is 5.43. The van der Waals surface area contributed by atoms with E-state index >= 15 is 0 Å². The van der Waals surface area contributed by atoms with Gasteiger partial charge in [0.15, 0.2) is 11.5 Å². The van der Waals surface area contributed by atoms with Gasteiger partial charge in [0.1, 0.15) is 0 Å². The van der Waals surface area contributed by atoms with Gasteiger partial charge in [-0.3, -0.25) is 10.1 Å². The minimum Gasteiger partial charge on any atom is -0.504 e. The van der Waals surface area contributed by atoms with Crippen LogP contribution in [0, 0.1) is 10.1 Å². The summed E-state index contributed by atoms with van der Waals surface area (Å²) in [5.41, 5.74) is 5.87. The number of rotatable bonds is 6. The van der Waals surface area contributed by atoms with Crippen molar-refractivity contribution in [1.29, 1.82) is 0 Å². The summed E-state index contributed by atoms with van der Waals surface area (Å²) in [6.45, 7) is -0.0273. The molecule has 0 aliphatic rings. The first-order chi connectivity index (χ1) is 8.51. The fraction of sp³-hybridized carbons (Fsp3) is 0.455. The third-order valence-corrected chi connectivity index (χ3v) is 2.59. The fourth-order valence-electron chi connectivity index (χ4n) is 1.62. The summed E-state index contributed by atoms with van der Waals surface area (Å²) < 4.78 is 4.87. The van der Waals surface area contributed by atoms with Gasteiger partial charge in [0.25, 0.3) is 5.69 Å². The number of nitrogens with zero attached hydrogens (tertiary/aromatic N) is 1. The number of hydrogen-bond acceptors (Lipinski definition) is 6. The van der Waals surface area contributed by atoms with Crippen molar-refractivity contribution in [3.05, 3.63) is 27.8 Å². The molecule has 1 aromatic rings. The maximum atomic E-state index is 10.8. The number of aliphatic hydroxyl groups is 1. The molecule has 0 saturated carbocycles. The smallest absolute Gasteiger partial charge is 0.273 e. The molecule has 0 unspecified atom stereocenters. The van der Waals surface area contributed by atoms with E-state index in [-0.39, 0.29) is 29.4 Å². The van der Waals surface area contributed by atoms with Crippen LogP contribution in [-0.2, 0) is 0 Å². The number of nitro benzene ring substituents is 1. The maximum Gasteiger partial charge on any atom is 0.273 e. The topological polar surface area (TPSA) is 119 Å². The van der Waals surface area contributed by atoms with Gasteiger partial charge < -0.3 is 20.7 Å². The fourth-order valence-corrected chi connectivity index (χ4v) is 1.62. The monoisotopic (exact) mass is 256 g/mol. The van der Waals surface area contributed by atoms with E-state index < -0.39 is 11.0 Å². The third kappa shape index (κ3) is 3.08. The highest BCUT2D eigenvalue weighted by molar-refractivity contribution is 5.54. The summed E-state index contributed by atoms with van der Waals surface area (Å²) in [5.74, 6) is -0.188. The first kappa shape index (κ1) is 14.2. The van der Waals surface area contributed by atoms with Gasteiger partial charge in [-0.25, -0.2) is 0 Å². The normalized spacial score (nSPS) is 12.2. The van der Waals surface area contributed by atoms with Crippen LogP contribution >= 0.6 is 0 Å². The highest BCUT2D eigenvalue weighted by atomic mass is 16.6. The van der Waals surface area contributed by atoms with E-state index in [1.165, 1.54) is 13.2 Å². The average molecular weight is 256 g/mol. The Labute approximate surface area is 104 Å². The Hall–Kier alpha value is -1.86. The van der Waals surface area contributed by atoms with Crippen LogP contribution in [0.5, 0.6) is 11.5 Å². The molecule has 7 nitrogen and oxygen atoms in total. The SMILES string of the molecule is COc1cc([N+](=O)[O-])cc([C@H](N)CCCO)c1O. The van der Waals surface area contributed by atoms with E-state index in [9.17, 15) is 15.2 Å². The number of ether oxygens (including phenoxy) is 1. The summed E-state index contributed by atoms with van der Waals surface area (Å²) in [5, 5.41) is 29.4. The predicted molar refractivity (Wildman–Crippen MR) is 64.6 cm³/mol. The number of non-ortho nitro benzene ring substituents is 1. The molecule has 18 heavy (non-hydrogen) atoms. The lowest BCUT2D eigenvalue weighted by Gasteiger charge is -2.15. The number of phenolic OH excluding ortho intramolecular Hbond substituents is 1. The highest BCUT2D eigenvalue weighted by Crippen LogP contribution is 2.38. The molecule has 0 aromatic heterocycles. The number of nitro groups is 1. The van der Waals surface area contributed by atoms with E-state index in [0.717, 1.165) is 6.07 Å². The zero-order chi connectivity index (χ0) is 13.7. The van der Waals surface area contributed by atoms with Crippen LogP contribution in [0.2, 0.25) is 0 Å². The Kier molecular flexibility index (Phi) is 4.87. The Morgan fingerprint density at radius 1 is 1.56 bits per heavy atom. The highest BCUT2D eigenvalue weighted by Gasteiger charge is 2.20. The minimum atomic E-state index is -0.592. The molecule has 100 valence electrons. The second kappa shape index (κ2) is 6.18. The van der Waals surface area contributed by atoms with Crippen molar-refractivity contribution in [2.45, 2.75) is 18.9 Å². The van der Waals surface area contributed by atoms with Gasteiger partial charge in [-0.2, -0.15) is 0 Å². The quantitative estimate of drug-likeness (QED) is 0.517. The van der Waals surface area contributed by atoms with Gasteiger partial charge in [-0.15, -0.1) is 0 Å².